The van der Waals surface area contributed by atoms with E-state index >= 15 is 0 Å². The van der Waals surface area contributed by atoms with Gasteiger partial charge in [-0.2, -0.15) is 0 Å². The summed E-state index contributed by atoms with van der Waals surface area (Å²) in [5.74, 6) is 0.219. The van der Waals surface area contributed by atoms with Gasteiger partial charge in [0, 0.05) is 26.3 Å². The Hall–Kier alpha value is -1.23. The molecule has 1 fully saturated rings. The topological polar surface area (TPSA) is 57.0 Å². The second kappa shape index (κ2) is 5.21. The van der Waals surface area contributed by atoms with Crippen molar-refractivity contribution in [1.29, 1.82) is 0 Å². The average molecular weight is 223 g/mol. The quantitative estimate of drug-likeness (QED) is 0.743. The molecule has 0 aliphatic carbocycles. The van der Waals surface area contributed by atoms with Crippen LogP contribution in [0.15, 0.2) is 6.20 Å². The molecule has 0 radical (unpaired) electrons. The third-order valence-electron chi connectivity index (χ3n) is 2.80. The lowest BCUT2D eigenvalue weighted by molar-refractivity contribution is -0.119. The number of aromatic nitrogens is 3. The minimum absolute atomic E-state index is 0.219. The third-order valence-corrected chi connectivity index (χ3v) is 2.80. The first-order valence-electron chi connectivity index (χ1n) is 5.72. The lowest BCUT2D eigenvalue weighted by Gasteiger charge is -2.07. The molecule has 1 aromatic heterocycles. The van der Waals surface area contributed by atoms with Crippen LogP contribution in [0, 0.1) is 0 Å². The maximum absolute atomic E-state index is 11.6. The van der Waals surface area contributed by atoms with Crippen molar-refractivity contribution in [2.24, 2.45) is 7.05 Å². The Morgan fingerprint density at radius 2 is 2.56 bits per heavy atom. The molecule has 1 aliphatic heterocycles. The number of aryl methyl sites for hydroxylation is 1. The molecule has 1 atom stereocenters. The van der Waals surface area contributed by atoms with Gasteiger partial charge in [-0.1, -0.05) is 5.21 Å². The zero-order chi connectivity index (χ0) is 11.4. The molecule has 1 saturated heterocycles. The van der Waals surface area contributed by atoms with Crippen molar-refractivity contribution < 1.29 is 9.53 Å². The zero-order valence-electron chi connectivity index (χ0n) is 9.56. The highest BCUT2D eigenvalue weighted by atomic mass is 16.5. The van der Waals surface area contributed by atoms with Crippen molar-refractivity contribution in [2.75, 3.05) is 6.61 Å². The monoisotopic (exact) mass is 223 g/mol. The minimum Gasteiger partial charge on any atom is -0.378 e. The molecule has 1 aromatic rings. The molecule has 88 valence electrons. The summed E-state index contributed by atoms with van der Waals surface area (Å²) in [4.78, 5) is 11.6. The van der Waals surface area contributed by atoms with Gasteiger partial charge >= 0.3 is 0 Å². The number of nitrogens with zero attached hydrogens (tertiary/aromatic N) is 3. The van der Waals surface area contributed by atoms with Crippen LogP contribution in [0.5, 0.6) is 0 Å². The van der Waals surface area contributed by atoms with E-state index in [0.717, 1.165) is 31.6 Å². The third kappa shape index (κ3) is 3.13. The van der Waals surface area contributed by atoms with Crippen molar-refractivity contribution in [1.82, 2.24) is 15.0 Å². The summed E-state index contributed by atoms with van der Waals surface area (Å²) < 4.78 is 7.09. The van der Waals surface area contributed by atoms with Gasteiger partial charge in [0.15, 0.2) is 0 Å². The summed E-state index contributed by atoms with van der Waals surface area (Å²) in [5, 5.41) is 7.69. The van der Waals surface area contributed by atoms with E-state index in [9.17, 15) is 4.79 Å². The van der Waals surface area contributed by atoms with Gasteiger partial charge in [0.2, 0.25) is 0 Å². The number of hydrogen-bond donors (Lipinski definition) is 0. The second-order valence-electron chi connectivity index (χ2n) is 4.27. The molecule has 16 heavy (non-hydrogen) atoms. The van der Waals surface area contributed by atoms with E-state index in [1.54, 1.807) is 17.9 Å². The number of ether oxygens (including phenoxy) is 1. The van der Waals surface area contributed by atoms with Crippen LogP contribution < -0.4 is 0 Å². The fourth-order valence-corrected chi connectivity index (χ4v) is 1.96. The van der Waals surface area contributed by atoms with Crippen LogP contribution in [-0.4, -0.2) is 33.5 Å². The summed E-state index contributed by atoms with van der Waals surface area (Å²) in [6.07, 6.45) is 6.12. The molecule has 2 rings (SSSR count). The molecule has 1 unspecified atom stereocenters. The maximum Gasteiger partial charge on any atom is 0.139 e. The summed E-state index contributed by atoms with van der Waals surface area (Å²) >= 11 is 0. The smallest absolute Gasteiger partial charge is 0.139 e. The van der Waals surface area contributed by atoms with Crippen LogP contribution in [0.4, 0.5) is 0 Å². The van der Waals surface area contributed by atoms with Crippen molar-refractivity contribution in [3.05, 3.63) is 11.9 Å². The highest BCUT2D eigenvalue weighted by molar-refractivity contribution is 5.80. The van der Waals surface area contributed by atoms with Crippen molar-refractivity contribution >= 4 is 5.78 Å². The van der Waals surface area contributed by atoms with Gasteiger partial charge in [-0.15, -0.1) is 5.10 Å². The Morgan fingerprint density at radius 3 is 3.19 bits per heavy atom. The molecule has 5 heteroatoms. The summed E-state index contributed by atoms with van der Waals surface area (Å²) in [6.45, 7) is 0.850. The molecule has 0 bridgehead atoms. The van der Waals surface area contributed by atoms with Crippen molar-refractivity contribution in [3.63, 3.8) is 0 Å². The Kier molecular flexibility index (Phi) is 3.66. The molecule has 0 aromatic carbocycles. The number of carbonyl (C=O) groups is 1. The highest BCUT2D eigenvalue weighted by Gasteiger charge is 2.17. The van der Waals surface area contributed by atoms with Crippen molar-refractivity contribution in [2.45, 2.75) is 38.2 Å². The Labute approximate surface area is 94.8 Å². The maximum atomic E-state index is 11.6. The number of ketones is 1. The van der Waals surface area contributed by atoms with Crippen LogP contribution >= 0.6 is 0 Å². The van der Waals surface area contributed by atoms with E-state index < -0.39 is 0 Å². The van der Waals surface area contributed by atoms with Gasteiger partial charge in [-0.3, -0.25) is 9.48 Å². The van der Waals surface area contributed by atoms with Crippen LogP contribution in [0.2, 0.25) is 0 Å². The lowest BCUT2D eigenvalue weighted by Crippen LogP contribution is -2.10. The number of carbonyl (C=O) groups excluding carboxylic acids is 1. The minimum atomic E-state index is 0.219. The first-order chi connectivity index (χ1) is 7.74. The lowest BCUT2D eigenvalue weighted by atomic mass is 10.1. The SMILES string of the molecule is Cn1cc(CC(=O)CCC2CCCO2)nn1. The van der Waals surface area contributed by atoms with Gasteiger partial charge in [-0.25, -0.2) is 0 Å². The Balaban J connectivity index is 1.71. The van der Waals surface area contributed by atoms with E-state index in [1.165, 1.54) is 0 Å². The van der Waals surface area contributed by atoms with Crippen LogP contribution in [-0.2, 0) is 23.0 Å². The Morgan fingerprint density at radius 1 is 1.69 bits per heavy atom. The van der Waals surface area contributed by atoms with E-state index in [1.807, 2.05) is 0 Å². The van der Waals surface area contributed by atoms with E-state index in [2.05, 4.69) is 10.3 Å². The van der Waals surface area contributed by atoms with Crippen molar-refractivity contribution in [3.8, 4) is 0 Å². The molecular formula is C11H17N3O2. The first-order valence-corrected chi connectivity index (χ1v) is 5.72. The molecule has 0 spiro atoms. The van der Waals surface area contributed by atoms with Gasteiger partial charge in [0.05, 0.1) is 18.2 Å². The molecule has 0 N–H and O–H groups in total. The normalized spacial score (nSPS) is 20.2. The van der Waals surface area contributed by atoms with Gasteiger partial charge in [0.1, 0.15) is 5.78 Å². The molecule has 1 aliphatic rings. The number of rotatable bonds is 5. The summed E-state index contributed by atoms with van der Waals surface area (Å²) in [7, 11) is 1.80. The molecule has 5 nitrogen and oxygen atoms in total. The first kappa shape index (κ1) is 11.3. The molecule has 0 amide bonds. The number of Topliss-reactive ketones (excluding diaryl/α,β-unsaturated/α-hetero) is 1. The largest absolute Gasteiger partial charge is 0.378 e. The van der Waals surface area contributed by atoms with Gasteiger partial charge in [0.25, 0.3) is 0 Å². The number of hydrogen-bond acceptors (Lipinski definition) is 4. The average Bonchev–Trinajstić information content (AvgIpc) is 2.87. The molecular weight excluding hydrogens is 206 g/mol. The fourth-order valence-electron chi connectivity index (χ4n) is 1.96. The van der Waals surface area contributed by atoms with Gasteiger partial charge < -0.3 is 4.74 Å². The fraction of sp³-hybridized carbons (Fsp3) is 0.727. The highest BCUT2D eigenvalue weighted by Crippen LogP contribution is 2.17. The predicted octanol–water partition coefficient (Wildman–Crippen LogP) is 0.886. The zero-order valence-corrected chi connectivity index (χ0v) is 9.56. The van der Waals surface area contributed by atoms with Crippen LogP contribution in [0.1, 0.15) is 31.4 Å². The predicted molar refractivity (Wildman–Crippen MR) is 57.9 cm³/mol. The van der Waals surface area contributed by atoms with Crippen LogP contribution in [0.3, 0.4) is 0 Å². The van der Waals surface area contributed by atoms with Crippen LogP contribution in [0.25, 0.3) is 0 Å². The van der Waals surface area contributed by atoms with E-state index in [0.29, 0.717) is 18.9 Å². The van der Waals surface area contributed by atoms with Gasteiger partial charge in [-0.05, 0) is 19.3 Å². The standard InChI is InChI=1S/C11H17N3O2/c1-14-8-9(12-13-14)7-10(15)4-5-11-3-2-6-16-11/h8,11H,2-7H2,1H3. The summed E-state index contributed by atoms with van der Waals surface area (Å²) in [5.41, 5.74) is 0.750. The Bertz CT molecular complexity index is 356. The molecule has 2 heterocycles. The second-order valence-corrected chi connectivity index (χ2v) is 4.27. The van der Waals surface area contributed by atoms with E-state index in [-0.39, 0.29) is 5.78 Å². The molecule has 0 saturated carbocycles. The van der Waals surface area contributed by atoms with E-state index in [4.69, 9.17) is 4.74 Å². The summed E-state index contributed by atoms with van der Waals surface area (Å²) in [6, 6.07) is 0.